The van der Waals surface area contributed by atoms with Crippen molar-refractivity contribution in [3.63, 3.8) is 0 Å². The standard InChI is InChI=1S/C16H19NO3/c1-20-15-8-7-14(12-13(15)6-2-5-11-18)16(19)17-9-3-4-10-17/h7-8,12,18H,3-5,9-11H2,1H3. The van der Waals surface area contributed by atoms with Gasteiger partial charge in [0.15, 0.2) is 0 Å². The highest BCUT2D eigenvalue weighted by Gasteiger charge is 2.20. The maximum Gasteiger partial charge on any atom is 0.253 e. The van der Waals surface area contributed by atoms with E-state index in [1.807, 2.05) is 4.90 Å². The fourth-order valence-electron chi connectivity index (χ4n) is 2.26. The van der Waals surface area contributed by atoms with Gasteiger partial charge in [-0.15, -0.1) is 0 Å². The first kappa shape index (κ1) is 14.4. The predicted octanol–water partition coefficient (Wildman–Crippen LogP) is 1.67. The Labute approximate surface area is 119 Å². The summed E-state index contributed by atoms with van der Waals surface area (Å²) in [5.74, 6) is 6.50. The van der Waals surface area contributed by atoms with E-state index in [1.165, 1.54) is 0 Å². The van der Waals surface area contributed by atoms with Crippen molar-refractivity contribution in [2.75, 3.05) is 26.8 Å². The molecule has 1 heterocycles. The molecular weight excluding hydrogens is 254 g/mol. The quantitative estimate of drug-likeness (QED) is 0.852. The summed E-state index contributed by atoms with van der Waals surface area (Å²) in [7, 11) is 1.58. The minimum atomic E-state index is 0.0295. The Morgan fingerprint density at radius 2 is 2.15 bits per heavy atom. The van der Waals surface area contributed by atoms with Crippen molar-refractivity contribution in [1.29, 1.82) is 0 Å². The summed E-state index contributed by atoms with van der Waals surface area (Å²) in [6.07, 6.45) is 2.56. The number of aliphatic hydroxyl groups excluding tert-OH is 1. The molecule has 0 bridgehead atoms. The van der Waals surface area contributed by atoms with Gasteiger partial charge in [-0.3, -0.25) is 4.79 Å². The smallest absolute Gasteiger partial charge is 0.253 e. The van der Waals surface area contributed by atoms with Crippen molar-refractivity contribution in [2.24, 2.45) is 0 Å². The highest BCUT2D eigenvalue weighted by atomic mass is 16.5. The van der Waals surface area contributed by atoms with Crippen molar-refractivity contribution in [3.05, 3.63) is 29.3 Å². The Bertz CT molecular complexity index is 536. The van der Waals surface area contributed by atoms with E-state index >= 15 is 0 Å². The van der Waals surface area contributed by atoms with Gasteiger partial charge in [-0.2, -0.15) is 0 Å². The second-order valence-corrected chi connectivity index (χ2v) is 4.69. The number of nitrogens with zero attached hydrogens (tertiary/aromatic N) is 1. The number of carbonyl (C=O) groups excluding carboxylic acids is 1. The number of aliphatic hydroxyl groups is 1. The van der Waals surface area contributed by atoms with Crippen molar-refractivity contribution in [2.45, 2.75) is 19.3 Å². The van der Waals surface area contributed by atoms with Gasteiger partial charge in [-0.05, 0) is 31.0 Å². The zero-order valence-corrected chi connectivity index (χ0v) is 11.7. The van der Waals surface area contributed by atoms with E-state index in [0.717, 1.165) is 25.9 Å². The second-order valence-electron chi connectivity index (χ2n) is 4.69. The first-order valence-corrected chi connectivity index (χ1v) is 6.83. The minimum Gasteiger partial charge on any atom is -0.495 e. The molecule has 1 aromatic carbocycles. The summed E-state index contributed by atoms with van der Waals surface area (Å²) in [6.45, 7) is 1.69. The molecule has 4 heteroatoms. The van der Waals surface area contributed by atoms with Crippen LogP contribution in [0.3, 0.4) is 0 Å². The number of hydrogen-bond acceptors (Lipinski definition) is 3. The van der Waals surface area contributed by atoms with E-state index in [0.29, 0.717) is 23.3 Å². The summed E-state index contributed by atoms with van der Waals surface area (Å²) in [5.41, 5.74) is 1.33. The van der Waals surface area contributed by atoms with Crippen LogP contribution in [0.15, 0.2) is 18.2 Å². The molecule has 0 spiro atoms. The topological polar surface area (TPSA) is 49.8 Å². The van der Waals surface area contributed by atoms with Crippen molar-refractivity contribution >= 4 is 5.91 Å². The fraction of sp³-hybridized carbons (Fsp3) is 0.438. The molecule has 0 saturated carbocycles. The predicted molar refractivity (Wildman–Crippen MR) is 76.7 cm³/mol. The lowest BCUT2D eigenvalue weighted by molar-refractivity contribution is 0.0792. The fourth-order valence-corrected chi connectivity index (χ4v) is 2.26. The maximum atomic E-state index is 12.3. The lowest BCUT2D eigenvalue weighted by Gasteiger charge is -2.15. The van der Waals surface area contributed by atoms with Gasteiger partial charge in [0.2, 0.25) is 0 Å². The molecule has 106 valence electrons. The molecule has 1 fully saturated rings. The van der Waals surface area contributed by atoms with Gasteiger partial charge in [0.1, 0.15) is 5.75 Å². The highest BCUT2D eigenvalue weighted by molar-refractivity contribution is 5.95. The van der Waals surface area contributed by atoms with Gasteiger partial charge < -0.3 is 14.7 Å². The van der Waals surface area contributed by atoms with Gasteiger partial charge in [0, 0.05) is 25.1 Å². The molecular formula is C16H19NO3. The summed E-state index contributed by atoms with van der Waals surface area (Å²) < 4.78 is 5.25. The zero-order valence-electron chi connectivity index (χ0n) is 11.7. The molecule has 0 radical (unpaired) electrons. The number of rotatable bonds is 3. The average molecular weight is 273 g/mol. The van der Waals surface area contributed by atoms with Crippen LogP contribution in [0.5, 0.6) is 5.75 Å². The van der Waals surface area contributed by atoms with Crippen molar-refractivity contribution in [1.82, 2.24) is 4.90 Å². The number of benzene rings is 1. The normalized spacial score (nSPS) is 13.8. The molecule has 1 aliphatic rings. The van der Waals surface area contributed by atoms with Gasteiger partial charge in [-0.1, -0.05) is 11.8 Å². The van der Waals surface area contributed by atoms with Gasteiger partial charge in [0.05, 0.1) is 19.3 Å². The molecule has 1 saturated heterocycles. The molecule has 2 rings (SSSR count). The van der Waals surface area contributed by atoms with Crippen LogP contribution in [0.25, 0.3) is 0 Å². The van der Waals surface area contributed by atoms with E-state index in [4.69, 9.17) is 9.84 Å². The van der Waals surface area contributed by atoms with E-state index in [-0.39, 0.29) is 12.5 Å². The van der Waals surface area contributed by atoms with E-state index in [2.05, 4.69) is 11.8 Å². The highest BCUT2D eigenvalue weighted by Crippen LogP contribution is 2.21. The number of carbonyl (C=O) groups is 1. The molecule has 1 aliphatic heterocycles. The Kier molecular flexibility index (Phi) is 5.03. The molecule has 0 atom stereocenters. The van der Waals surface area contributed by atoms with Crippen LogP contribution in [0.2, 0.25) is 0 Å². The number of methoxy groups -OCH3 is 1. The third-order valence-corrected chi connectivity index (χ3v) is 3.30. The van der Waals surface area contributed by atoms with Crippen LogP contribution >= 0.6 is 0 Å². The maximum absolute atomic E-state index is 12.3. The Balaban J connectivity index is 2.24. The number of ether oxygens (including phenoxy) is 1. The first-order valence-electron chi connectivity index (χ1n) is 6.83. The second kappa shape index (κ2) is 6.97. The average Bonchev–Trinajstić information content (AvgIpc) is 3.01. The molecule has 4 nitrogen and oxygen atoms in total. The minimum absolute atomic E-state index is 0.0295. The lowest BCUT2D eigenvalue weighted by atomic mass is 10.1. The van der Waals surface area contributed by atoms with Crippen LogP contribution in [-0.4, -0.2) is 42.7 Å². The molecule has 0 aromatic heterocycles. The monoisotopic (exact) mass is 273 g/mol. The van der Waals surface area contributed by atoms with Gasteiger partial charge >= 0.3 is 0 Å². The van der Waals surface area contributed by atoms with Crippen LogP contribution in [0, 0.1) is 11.8 Å². The van der Waals surface area contributed by atoms with Crippen LogP contribution in [0.4, 0.5) is 0 Å². The number of amides is 1. The third-order valence-electron chi connectivity index (χ3n) is 3.30. The van der Waals surface area contributed by atoms with Gasteiger partial charge in [-0.25, -0.2) is 0 Å². The van der Waals surface area contributed by atoms with Crippen LogP contribution in [0.1, 0.15) is 35.2 Å². The van der Waals surface area contributed by atoms with E-state index in [1.54, 1.807) is 25.3 Å². The molecule has 1 amide bonds. The molecule has 1 N–H and O–H groups in total. The summed E-state index contributed by atoms with van der Waals surface area (Å²) in [4.78, 5) is 14.2. The number of likely N-dealkylation sites (tertiary alicyclic amines) is 1. The van der Waals surface area contributed by atoms with Gasteiger partial charge in [0.25, 0.3) is 5.91 Å². The summed E-state index contributed by atoms with van der Waals surface area (Å²) in [6, 6.07) is 5.31. The van der Waals surface area contributed by atoms with Crippen molar-refractivity contribution < 1.29 is 14.6 Å². The third kappa shape index (κ3) is 3.31. The summed E-state index contributed by atoms with van der Waals surface area (Å²) in [5, 5.41) is 8.76. The van der Waals surface area contributed by atoms with Crippen LogP contribution in [-0.2, 0) is 0 Å². The Hall–Kier alpha value is -1.99. The SMILES string of the molecule is COc1ccc(C(=O)N2CCCC2)cc1C#CCCO. The molecule has 0 unspecified atom stereocenters. The first-order chi connectivity index (χ1) is 9.76. The molecule has 0 aliphatic carbocycles. The Morgan fingerprint density at radius 1 is 1.40 bits per heavy atom. The lowest BCUT2D eigenvalue weighted by Crippen LogP contribution is -2.27. The van der Waals surface area contributed by atoms with Crippen LogP contribution < -0.4 is 4.74 Å². The van der Waals surface area contributed by atoms with E-state index in [9.17, 15) is 4.79 Å². The molecule has 1 aromatic rings. The zero-order chi connectivity index (χ0) is 14.4. The Morgan fingerprint density at radius 3 is 2.80 bits per heavy atom. The number of hydrogen-bond donors (Lipinski definition) is 1. The van der Waals surface area contributed by atoms with Crippen molar-refractivity contribution in [3.8, 4) is 17.6 Å². The largest absolute Gasteiger partial charge is 0.495 e. The van der Waals surface area contributed by atoms with E-state index < -0.39 is 0 Å². The summed E-state index contributed by atoms with van der Waals surface area (Å²) >= 11 is 0. The molecule has 20 heavy (non-hydrogen) atoms.